The molecule has 1 amide bonds. The molecule has 0 fully saturated rings. The normalized spacial score (nSPS) is 14.5. The summed E-state index contributed by atoms with van der Waals surface area (Å²) in [6.45, 7) is 6.70. The number of hydrogen-bond donors (Lipinski definition) is 2. The van der Waals surface area contributed by atoms with Gasteiger partial charge in [-0.15, -0.1) is 0 Å². The summed E-state index contributed by atoms with van der Waals surface area (Å²) in [5.74, 6) is -0.614. The maximum atomic E-state index is 13.5. The van der Waals surface area contributed by atoms with Crippen molar-refractivity contribution in [2.45, 2.75) is 258 Å². The monoisotopic (exact) mass is 1130 g/mol. The number of amides is 1. The first-order chi connectivity index (χ1) is 38.9. The highest BCUT2D eigenvalue weighted by atomic mass is 31.2. The number of esters is 1. The van der Waals surface area contributed by atoms with Crippen LogP contribution < -0.4 is 5.32 Å². The third-order valence-electron chi connectivity index (χ3n) is 13.3. The molecular weight excluding hydrogens is 1010 g/mol. The van der Waals surface area contributed by atoms with Crippen molar-refractivity contribution in [2.24, 2.45) is 0 Å². The molecule has 10 heteroatoms. The molecule has 80 heavy (non-hydrogen) atoms. The third-order valence-corrected chi connectivity index (χ3v) is 14.3. The molecule has 0 aliphatic carbocycles. The SMILES string of the molecule is CC/C=C\C/C=C\C/C=C\C/C=C\C/C=C\CCCCCCCCCCCCCC(=O)OC(/C=C\CCCCCCCCCCC)C(COP(=O)(O)OCC[N+](C)(C)C)NC(=O)CC/C=C/C/C=C/C/C=C/C/C=C/C/C=C/CC. The highest BCUT2D eigenvalue weighted by Crippen LogP contribution is 2.43. The number of unbranched alkanes of at least 4 members (excludes halogenated alkanes) is 20. The first-order valence-electron chi connectivity index (χ1n) is 32.0. The van der Waals surface area contributed by atoms with E-state index < -0.39 is 20.0 Å². The fraction of sp³-hybridized carbons (Fsp3) is 0.657. The number of phosphoric ester groups is 1. The summed E-state index contributed by atoms with van der Waals surface area (Å²) in [6.07, 6.45) is 83.4. The molecule has 0 aromatic heterocycles. The van der Waals surface area contributed by atoms with Gasteiger partial charge in [0.15, 0.2) is 0 Å². The lowest BCUT2D eigenvalue weighted by Crippen LogP contribution is -2.47. The van der Waals surface area contributed by atoms with E-state index in [0.29, 0.717) is 17.4 Å². The van der Waals surface area contributed by atoms with Crippen LogP contribution in [0.1, 0.15) is 245 Å². The lowest BCUT2D eigenvalue weighted by atomic mass is 10.0. The number of nitrogens with one attached hydrogen (secondary N) is 1. The van der Waals surface area contributed by atoms with E-state index in [4.69, 9.17) is 13.8 Å². The standard InChI is InChI=1S/C70H119N2O7P/c1-7-10-13-16-19-22-25-27-29-31-32-33-34-35-36-37-38-39-40-41-43-45-48-51-54-57-60-63-70(74)79-68(61-58-55-52-49-46-24-21-18-15-12-9-3)67(66-78-80(75,76)77-65-64-72(4,5)6)71-69(73)62-59-56-53-50-47-44-42-30-28-26-23-20-17-14-11-8-2/h10-11,13-14,19-20,22-23,27-30,32-33,35-36,44,47,53,56,58,61,67-68H,7-9,12,15-18,21,24-26,31,34,37-43,45-46,48-52,54-55,57,59-60,62-66H2,1-6H3,(H-,71,73,75,76)/p+1/b13-10-,14-11+,22-19-,23-20+,29-27-,30-28+,33-32-,36-35-,47-44+,56-53+,61-58-. The zero-order valence-corrected chi connectivity index (χ0v) is 52.9. The highest BCUT2D eigenvalue weighted by molar-refractivity contribution is 7.47. The van der Waals surface area contributed by atoms with E-state index in [1.165, 1.54) is 89.9 Å². The van der Waals surface area contributed by atoms with Crippen LogP contribution in [0, 0.1) is 0 Å². The Morgan fingerprint density at radius 1 is 0.450 bits per heavy atom. The van der Waals surface area contributed by atoms with Crippen LogP contribution in [0.2, 0.25) is 0 Å². The smallest absolute Gasteiger partial charge is 0.456 e. The molecule has 0 aromatic carbocycles. The molecule has 0 heterocycles. The van der Waals surface area contributed by atoms with Gasteiger partial charge in [-0.1, -0.05) is 258 Å². The first-order valence-corrected chi connectivity index (χ1v) is 33.5. The zero-order valence-electron chi connectivity index (χ0n) is 52.0. The molecule has 456 valence electrons. The predicted octanol–water partition coefficient (Wildman–Crippen LogP) is 20.1. The molecule has 0 saturated heterocycles. The predicted molar refractivity (Wildman–Crippen MR) is 346 cm³/mol. The number of likely N-dealkylation sites (N-methyl/N-ethyl adjacent to an activating group) is 1. The maximum Gasteiger partial charge on any atom is 0.472 e. The Morgan fingerprint density at radius 3 is 1.23 bits per heavy atom. The fourth-order valence-electron chi connectivity index (χ4n) is 8.48. The van der Waals surface area contributed by atoms with Gasteiger partial charge in [-0.25, -0.2) is 4.57 Å². The molecule has 0 aliphatic rings. The van der Waals surface area contributed by atoms with Crippen LogP contribution >= 0.6 is 7.82 Å². The Labute approximate surface area is 492 Å². The van der Waals surface area contributed by atoms with Crippen molar-refractivity contribution in [3.05, 3.63) is 134 Å². The number of rotatable bonds is 56. The van der Waals surface area contributed by atoms with Crippen LogP contribution in [0.15, 0.2) is 134 Å². The van der Waals surface area contributed by atoms with Crippen LogP contribution in [0.25, 0.3) is 0 Å². The van der Waals surface area contributed by atoms with Gasteiger partial charge < -0.3 is 19.4 Å². The van der Waals surface area contributed by atoms with Crippen LogP contribution in [0.4, 0.5) is 0 Å². The van der Waals surface area contributed by atoms with Crippen molar-refractivity contribution in [1.29, 1.82) is 0 Å². The number of phosphoric acid groups is 1. The Balaban J connectivity index is 5.16. The summed E-state index contributed by atoms with van der Waals surface area (Å²) in [6, 6.07) is -0.898. The van der Waals surface area contributed by atoms with Gasteiger partial charge >= 0.3 is 13.8 Å². The number of quaternary nitrogens is 1. The van der Waals surface area contributed by atoms with Gasteiger partial charge in [0.05, 0.1) is 33.8 Å². The summed E-state index contributed by atoms with van der Waals surface area (Å²) in [5, 5.41) is 3.00. The summed E-state index contributed by atoms with van der Waals surface area (Å²) in [4.78, 5) is 37.7. The summed E-state index contributed by atoms with van der Waals surface area (Å²) in [5.41, 5.74) is 0. The number of carbonyl (C=O) groups is 2. The van der Waals surface area contributed by atoms with Crippen molar-refractivity contribution < 1.29 is 37.3 Å². The second-order valence-corrected chi connectivity index (χ2v) is 23.6. The van der Waals surface area contributed by atoms with E-state index in [0.717, 1.165) is 116 Å². The largest absolute Gasteiger partial charge is 0.472 e. The quantitative estimate of drug-likeness (QED) is 0.0205. The van der Waals surface area contributed by atoms with Crippen molar-refractivity contribution in [1.82, 2.24) is 5.32 Å². The van der Waals surface area contributed by atoms with Gasteiger partial charge in [0.1, 0.15) is 19.3 Å². The van der Waals surface area contributed by atoms with Crippen molar-refractivity contribution >= 4 is 19.7 Å². The second-order valence-electron chi connectivity index (χ2n) is 22.2. The molecule has 0 aliphatic heterocycles. The van der Waals surface area contributed by atoms with Gasteiger partial charge in [-0.3, -0.25) is 18.6 Å². The molecule has 3 unspecified atom stereocenters. The fourth-order valence-corrected chi connectivity index (χ4v) is 9.22. The van der Waals surface area contributed by atoms with Gasteiger partial charge in [0.2, 0.25) is 5.91 Å². The van der Waals surface area contributed by atoms with Gasteiger partial charge in [0, 0.05) is 12.8 Å². The lowest BCUT2D eigenvalue weighted by Gasteiger charge is -2.27. The molecule has 0 bridgehead atoms. The number of allylic oxidation sites excluding steroid dienone is 21. The molecule has 0 saturated carbocycles. The summed E-state index contributed by atoms with van der Waals surface area (Å²) in [7, 11) is 1.43. The van der Waals surface area contributed by atoms with E-state index in [-0.39, 0.29) is 37.9 Å². The second kappa shape index (κ2) is 58.4. The molecule has 0 rings (SSSR count). The van der Waals surface area contributed by atoms with E-state index in [1.54, 1.807) is 0 Å². The van der Waals surface area contributed by atoms with Crippen LogP contribution in [0.5, 0.6) is 0 Å². The topological polar surface area (TPSA) is 111 Å². The average molecular weight is 1130 g/mol. The molecule has 0 radical (unpaired) electrons. The Hall–Kier alpha value is -3.85. The molecule has 0 aromatic rings. The van der Waals surface area contributed by atoms with Crippen LogP contribution in [0.3, 0.4) is 0 Å². The van der Waals surface area contributed by atoms with Crippen molar-refractivity contribution in [3.63, 3.8) is 0 Å². The molecule has 0 spiro atoms. The Bertz CT molecular complexity index is 1830. The minimum Gasteiger partial charge on any atom is -0.456 e. The Kier molecular flexibility index (Phi) is 55.5. The van der Waals surface area contributed by atoms with E-state index in [1.807, 2.05) is 45.4 Å². The molecular formula is C70H120N2O7P+. The Morgan fingerprint density at radius 2 is 0.812 bits per heavy atom. The van der Waals surface area contributed by atoms with Gasteiger partial charge in [-0.05, 0) is 109 Å². The van der Waals surface area contributed by atoms with E-state index in [2.05, 4.69) is 135 Å². The number of nitrogens with zero attached hydrogens (tertiary/aromatic N) is 1. The lowest BCUT2D eigenvalue weighted by molar-refractivity contribution is -0.870. The summed E-state index contributed by atoms with van der Waals surface area (Å²) < 4.78 is 30.6. The third kappa shape index (κ3) is 58.8. The first kappa shape index (κ1) is 76.1. The highest BCUT2D eigenvalue weighted by Gasteiger charge is 2.30. The number of carbonyl (C=O) groups excluding carboxylic acids is 2. The molecule has 9 nitrogen and oxygen atoms in total. The van der Waals surface area contributed by atoms with Crippen molar-refractivity contribution in [3.8, 4) is 0 Å². The van der Waals surface area contributed by atoms with Crippen molar-refractivity contribution in [2.75, 3.05) is 40.9 Å². The van der Waals surface area contributed by atoms with Crippen LogP contribution in [-0.2, 0) is 27.9 Å². The minimum absolute atomic E-state index is 0.0199. The zero-order chi connectivity index (χ0) is 58.6. The average Bonchev–Trinajstić information content (AvgIpc) is 3.43. The van der Waals surface area contributed by atoms with Gasteiger partial charge in [-0.2, -0.15) is 0 Å². The van der Waals surface area contributed by atoms with E-state index in [9.17, 15) is 19.0 Å². The summed E-state index contributed by atoms with van der Waals surface area (Å²) >= 11 is 0. The number of hydrogen-bond acceptors (Lipinski definition) is 6. The maximum absolute atomic E-state index is 13.5. The molecule has 3 atom stereocenters. The van der Waals surface area contributed by atoms with Crippen LogP contribution in [-0.4, -0.2) is 74.3 Å². The molecule has 2 N–H and O–H groups in total. The number of ether oxygens (including phenoxy) is 1. The minimum atomic E-state index is -4.48. The van der Waals surface area contributed by atoms with Gasteiger partial charge in [0.25, 0.3) is 0 Å². The van der Waals surface area contributed by atoms with E-state index >= 15 is 0 Å².